The Morgan fingerprint density at radius 1 is 1.00 bits per heavy atom. The molecule has 0 aliphatic heterocycles. The van der Waals surface area contributed by atoms with Gasteiger partial charge in [0.25, 0.3) is 0 Å². The molecular formula is C21H21F3NO. The summed E-state index contributed by atoms with van der Waals surface area (Å²) >= 11 is 0. The van der Waals surface area contributed by atoms with Crippen molar-refractivity contribution in [2.45, 2.75) is 50.8 Å². The lowest BCUT2D eigenvalue weighted by molar-refractivity contribution is -0.137. The molecule has 0 bridgehead atoms. The van der Waals surface area contributed by atoms with E-state index < -0.39 is 11.7 Å². The standard InChI is InChI=1S/C21H21F3NO/c22-21(23,24)20-11-5-7-17(13-20)15-26-25-14-16-6-4-10-19(12-16)18-8-2-1-3-9-18/h4-7,10-13,18H,1-3,8-9,15H2. The minimum atomic E-state index is -4.36. The van der Waals surface area contributed by atoms with E-state index in [1.807, 2.05) is 12.1 Å². The maximum atomic E-state index is 12.7. The van der Waals surface area contributed by atoms with Crippen LogP contribution in [0, 0.1) is 0 Å². The van der Waals surface area contributed by atoms with Crippen molar-refractivity contribution in [3.8, 4) is 0 Å². The molecule has 0 unspecified atom stereocenters. The first-order valence-corrected chi connectivity index (χ1v) is 8.86. The van der Waals surface area contributed by atoms with Crippen LogP contribution in [0.15, 0.2) is 53.7 Å². The van der Waals surface area contributed by atoms with Crippen LogP contribution in [0.2, 0.25) is 0 Å². The lowest BCUT2D eigenvalue weighted by Gasteiger charge is -2.22. The Kier molecular flexibility index (Phi) is 5.96. The van der Waals surface area contributed by atoms with E-state index in [-0.39, 0.29) is 6.61 Å². The van der Waals surface area contributed by atoms with Crippen LogP contribution >= 0.6 is 0 Å². The van der Waals surface area contributed by atoms with Gasteiger partial charge in [-0.3, -0.25) is 0 Å². The van der Waals surface area contributed by atoms with Gasteiger partial charge in [-0.1, -0.05) is 54.8 Å². The summed E-state index contributed by atoms with van der Waals surface area (Å²) in [6.45, 7) is -0.0285. The predicted octanol–water partition coefficient (Wildman–Crippen LogP) is 6.18. The number of hydrogen-bond acceptors (Lipinski definition) is 2. The van der Waals surface area contributed by atoms with Crippen LogP contribution < -0.4 is 0 Å². The minimum Gasteiger partial charge on any atom is -0.390 e. The Bertz CT molecular complexity index is 749. The smallest absolute Gasteiger partial charge is 0.390 e. The highest BCUT2D eigenvalue weighted by Crippen LogP contribution is 2.32. The van der Waals surface area contributed by atoms with Crippen molar-refractivity contribution < 1.29 is 18.0 Å². The summed E-state index contributed by atoms with van der Waals surface area (Å²) in [6.07, 6.45) is 4.75. The Hall–Kier alpha value is -2.30. The van der Waals surface area contributed by atoms with Gasteiger partial charge in [-0.2, -0.15) is 13.2 Å². The van der Waals surface area contributed by atoms with E-state index in [1.54, 1.807) is 6.07 Å². The normalized spacial score (nSPS) is 16.1. The first-order chi connectivity index (χ1) is 12.5. The minimum absolute atomic E-state index is 0.0285. The lowest BCUT2D eigenvalue weighted by Crippen LogP contribution is -2.05. The van der Waals surface area contributed by atoms with Crippen LogP contribution in [0.3, 0.4) is 0 Å². The van der Waals surface area contributed by atoms with Crippen molar-refractivity contribution >= 4 is 6.21 Å². The second-order valence-electron chi connectivity index (χ2n) is 6.64. The first kappa shape index (κ1) is 18.5. The molecule has 2 nitrogen and oxygen atoms in total. The van der Waals surface area contributed by atoms with Crippen LogP contribution in [-0.4, -0.2) is 6.21 Å². The Labute approximate surface area is 151 Å². The van der Waals surface area contributed by atoms with Crippen LogP contribution in [0.4, 0.5) is 13.2 Å². The molecule has 0 amide bonds. The van der Waals surface area contributed by atoms with Gasteiger partial charge in [-0.15, -0.1) is 0 Å². The molecule has 0 saturated heterocycles. The SMILES string of the molecule is FC(F)(F)c1cccc(CO/N=[C]\c2cccc(C3CCCCC3)c2)c1. The van der Waals surface area contributed by atoms with E-state index in [0.717, 1.165) is 17.7 Å². The average Bonchev–Trinajstić information content (AvgIpc) is 2.66. The number of rotatable bonds is 5. The van der Waals surface area contributed by atoms with Crippen LogP contribution in [0.1, 0.15) is 60.3 Å². The molecule has 1 aliphatic rings. The summed E-state index contributed by atoms with van der Waals surface area (Å²) < 4.78 is 38.1. The fourth-order valence-corrected chi connectivity index (χ4v) is 3.33. The van der Waals surface area contributed by atoms with Crippen molar-refractivity contribution in [1.29, 1.82) is 0 Å². The molecule has 0 heterocycles. The van der Waals surface area contributed by atoms with Crippen molar-refractivity contribution in [3.05, 3.63) is 70.8 Å². The lowest BCUT2D eigenvalue weighted by atomic mass is 9.84. The number of hydrogen-bond donors (Lipinski definition) is 0. The molecule has 1 radical (unpaired) electrons. The highest BCUT2D eigenvalue weighted by Gasteiger charge is 2.30. The summed E-state index contributed by atoms with van der Waals surface area (Å²) in [5.41, 5.74) is 1.84. The quantitative estimate of drug-likeness (QED) is 0.461. The third-order valence-corrected chi connectivity index (χ3v) is 4.69. The maximum absolute atomic E-state index is 12.7. The summed E-state index contributed by atoms with van der Waals surface area (Å²) in [4.78, 5) is 5.12. The number of nitrogens with zero attached hydrogens (tertiary/aromatic N) is 1. The van der Waals surface area contributed by atoms with E-state index in [4.69, 9.17) is 4.84 Å². The van der Waals surface area contributed by atoms with Gasteiger partial charge in [0.15, 0.2) is 0 Å². The largest absolute Gasteiger partial charge is 0.416 e. The van der Waals surface area contributed by atoms with Gasteiger partial charge >= 0.3 is 6.18 Å². The maximum Gasteiger partial charge on any atom is 0.416 e. The fraction of sp³-hybridized carbons (Fsp3) is 0.381. The fourth-order valence-electron chi connectivity index (χ4n) is 3.33. The van der Waals surface area contributed by atoms with Crippen LogP contribution in [0.5, 0.6) is 0 Å². The van der Waals surface area contributed by atoms with Crippen molar-refractivity contribution in [1.82, 2.24) is 0 Å². The molecule has 1 fully saturated rings. The van der Waals surface area contributed by atoms with Crippen LogP contribution in [0.25, 0.3) is 0 Å². The third kappa shape index (κ3) is 5.10. The number of halogens is 3. The van der Waals surface area contributed by atoms with Crippen molar-refractivity contribution in [3.63, 3.8) is 0 Å². The molecule has 5 heteroatoms. The number of alkyl halides is 3. The van der Waals surface area contributed by atoms with E-state index in [1.165, 1.54) is 43.7 Å². The molecule has 0 spiro atoms. The van der Waals surface area contributed by atoms with Crippen molar-refractivity contribution in [2.75, 3.05) is 0 Å². The molecule has 0 N–H and O–H groups in total. The van der Waals surface area contributed by atoms with Crippen molar-refractivity contribution in [2.24, 2.45) is 5.16 Å². The summed E-state index contributed by atoms with van der Waals surface area (Å²) in [6, 6.07) is 13.1. The molecule has 26 heavy (non-hydrogen) atoms. The van der Waals surface area contributed by atoms with Crippen LogP contribution in [-0.2, 0) is 17.6 Å². The summed E-state index contributed by atoms with van der Waals surface area (Å²) in [5, 5.41) is 3.78. The second kappa shape index (κ2) is 8.39. The molecule has 2 aromatic carbocycles. The Balaban J connectivity index is 1.57. The molecular weight excluding hydrogens is 339 g/mol. The monoisotopic (exact) mass is 360 g/mol. The second-order valence-corrected chi connectivity index (χ2v) is 6.64. The van der Waals surface area contributed by atoms with Gasteiger partial charge in [0.2, 0.25) is 0 Å². The molecule has 3 rings (SSSR count). The van der Waals surface area contributed by atoms with Gasteiger partial charge < -0.3 is 4.84 Å². The zero-order chi connectivity index (χ0) is 18.4. The molecule has 1 aliphatic carbocycles. The van der Waals surface area contributed by atoms with E-state index in [2.05, 4.69) is 23.5 Å². The topological polar surface area (TPSA) is 21.6 Å². The third-order valence-electron chi connectivity index (χ3n) is 4.69. The number of benzene rings is 2. The molecule has 2 aromatic rings. The van der Waals surface area contributed by atoms with E-state index >= 15 is 0 Å². The highest BCUT2D eigenvalue weighted by atomic mass is 19.4. The Morgan fingerprint density at radius 2 is 1.77 bits per heavy atom. The Morgan fingerprint density at radius 3 is 2.54 bits per heavy atom. The summed E-state index contributed by atoms with van der Waals surface area (Å²) in [5.74, 6) is 0.594. The predicted molar refractivity (Wildman–Crippen MR) is 95.0 cm³/mol. The van der Waals surface area contributed by atoms with E-state index in [9.17, 15) is 13.2 Å². The zero-order valence-electron chi connectivity index (χ0n) is 14.4. The van der Waals surface area contributed by atoms with Gasteiger partial charge in [-0.05, 0) is 48.1 Å². The molecule has 0 atom stereocenters. The first-order valence-electron chi connectivity index (χ1n) is 8.86. The van der Waals surface area contributed by atoms with Gasteiger partial charge in [-0.25, -0.2) is 0 Å². The van der Waals surface area contributed by atoms with E-state index in [0.29, 0.717) is 11.5 Å². The van der Waals surface area contributed by atoms with Gasteiger partial charge in [0.1, 0.15) is 12.8 Å². The van der Waals surface area contributed by atoms with Gasteiger partial charge in [0, 0.05) is 5.56 Å². The average molecular weight is 360 g/mol. The molecule has 1 saturated carbocycles. The summed E-state index contributed by atoms with van der Waals surface area (Å²) in [7, 11) is 0. The highest BCUT2D eigenvalue weighted by molar-refractivity contribution is 5.79. The van der Waals surface area contributed by atoms with Gasteiger partial charge in [0.05, 0.1) is 5.56 Å². The molecule has 137 valence electrons. The molecule has 0 aromatic heterocycles. The zero-order valence-corrected chi connectivity index (χ0v) is 14.4.